The Morgan fingerprint density at radius 3 is 2.55 bits per heavy atom. The largest absolute Gasteiger partial charge is 0.272 e. The molecule has 0 bridgehead atoms. The number of rotatable bonds is 1. The summed E-state index contributed by atoms with van der Waals surface area (Å²) in [7, 11) is 0. The second-order valence-corrected chi connectivity index (χ2v) is 5.19. The fourth-order valence-corrected chi connectivity index (χ4v) is 2.59. The van der Waals surface area contributed by atoms with Crippen LogP contribution in [-0.2, 0) is 0 Å². The fourth-order valence-electron chi connectivity index (χ4n) is 2.38. The van der Waals surface area contributed by atoms with E-state index in [4.69, 9.17) is 11.6 Å². The number of hydrogen-bond donors (Lipinski definition) is 0. The molecule has 0 saturated heterocycles. The van der Waals surface area contributed by atoms with Crippen molar-refractivity contribution >= 4 is 39.6 Å². The molecule has 0 unspecified atom stereocenters. The van der Waals surface area contributed by atoms with Gasteiger partial charge >= 0.3 is 0 Å². The van der Waals surface area contributed by atoms with Crippen LogP contribution in [0.1, 0.15) is 10.4 Å². The molecule has 2 heterocycles. The summed E-state index contributed by atoms with van der Waals surface area (Å²) in [5.41, 5.74) is 2.93. The highest BCUT2D eigenvalue weighted by atomic mass is 35.5. The lowest BCUT2D eigenvalue weighted by atomic mass is 10.1. The van der Waals surface area contributed by atoms with Crippen molar-refractivity contribution in [2.45, 2.75) is 0 Å². The number of halogens is 1. The molecule has 0 aliphatic carbocycles. The number of para-hydroxylation sites is 2. The Hall–Kier alpha value is -2.79. The Labute approximate surface area is 130 Å². The zero-order valence-corrected chi connectivity index (χ0v) is 12.0. The van der Waals surface area contributed by atoms with Crippen LogP contribution >= 0.6 is 11.6 Å². The number of carbonyl (C=O) groups is 1. The van der Waals surface area contributed by atoms with Crippen molar-refractivity contribution in [3.63, 3.8) is 0 Å². The lowest BCUT2D eigenvalue weighted by molar-refractivity contribution is 0.0961. The summed E-state index contributed by atoms with van der Waals surface area (Å²) in [5.74, 6) is -0.205. The molecule has 4 rings (SSSR count). The minimum absolute atomic E-state index is 0.205. The average Bonchev–Trinajstić information content (AvgIpc) is 3.07. The van der Waals surface area contributed by atoms with Crippen molar-refractivity contribution in [3.8, 4) is 0 Å². The van der Waals surface area contributed by atoms with E-state index in [0.717, 1.165) is 0 Å². The molecule has 0 saturated carbocycles. The molecule has 5 nitrogen and oxygen atoms in total. The molecule has 0 fully saturated rings. The van der Waals surface area contributed by atoms with Gasteiger partial charge in [0.15, 0.2) is 0 Å². The maximum atomic E-state index is 12.6. The SMILES string of the molecule is O=C(c1cccc2nc3cccc(Cl)c3nc12)n1ccnc1. The van der Waals surface area contributed by atoms with Crippen LogP contribution in [-0.4, -0.2) is 25.4 Å². The van der Waals surface area contributed by atoms with E-state index in [-0.39, 0.29) is 5.91 Å². The Kier molecular flexibility index (Phi) is 2.87. The summed E-state index contributed by atoms with van der Waals surface area (Å²) < 4.78 is 1.41. The van der Waals surface area contributed by atoms with Gasteiger partial charge in [-0.25, -0.2) is 15.0 Å². The van der Waals surface area contributed by atoms with Gasteiger partial charge in [0.2, 0.25) is 0 Å². The van der Waals surface area contributed by atoms with Crippen LogP contribution in [0, 0.1) is 0 Å². The Morgan fingerprint density at radius 2 is 1.77 bits per heavy atom. The van der Waals surface area contributed by atoms with Crippen molar-refractivity contribution in [3.05, 3.63) is 65.7 Å². The zero-order valence-electron chi connectivity index (χ0n) is 11.3. The predicted molar refractivity (Wildman–Crippen MR) is 84.0 cm³/mol. The standard InChI is InChI=1S/C16H9ClN4O/c17-11-4-2-6-13-15(11)20-14-10(3-1-5-12(14)19-13)16(22)21-8-7-18-9-21/h1-9H. The molecule has 2 aromatic carbocycles. The van der Waals surface area contributed by atoms with Gasteiger partial charge in [0.05, 0.1) is 21.6 Å². The van der Waals surface area contributed by atoms with Crippen LogP contribution in [0.15, 0.2) is 55.1 Å². The molecular weight excluding hydrogens is 300 g/mol. The number of aromatic nitrogens is 4. The normalized spacial score (nSPS) is 11.1. The minimum atomic E-state index is -0.205. The number of nitrogens with zero attached hydrogens (tertiary/aromatic N) is 4. The van der Waals surface area contributed by atoms with Gasteiger partial charge in [0.25, 0.3) is 5.91 Å². The summed E-state index contributed by atoms with van der Waals surface area (Å²) in [6, 6.07) is 10.8. The van der Waals surface area contributed by atoms with Crippen molar-refractivity contribution in [1.82, 2.24) is 19.5 Å². The third-order valence-corrected chi connectivity index (χ3v) is 3.72. The molecule has 0 spiro atoms. The highest BCUT2D eigenvalue weighted by Crippen LogP contribution is 2.24. The van der Waals surface area contributed by atoms with Crippen LogP contribution < -0.4 is 0 Å². The summed E-state index contributed by atoms with van der Waals surface area (Å²) in [6.45, 7) is 0. The number of carbonyl (C=O) groups excluding carboxylic acids is 1. The van der Waals surface area contributed by atoms with E-state index < -0.39 is 0 Å². The lowest BCUT2D eigenvalue weighted by Crippen LogP contribution is -2.11. The molecule has 106 valence electrons. The molecule has 0 aliphatic rings. The van der Waals surface area contributed by atoms with Gasteiger partial charge in [-0.2, -0.15) is 0 Å². The first-order valence-corrected chi connectivity index (χ1v) is 6.99. The van der Waals surface area contributed by atoms with Gasteiger partial charge in [0.1, 0.15) is 17.4 Å². The molecule has 0 radical (unpaired) electrons. The van der Waals surface area contributed by atoms with E-state index in [1.165, 1.54) is 10.9 Å². The molecule has 0 amide bonds. The van der Waals surface area contributed by atoms with Crippen LogP contribution in [0.4, 0.5) is 0 Å². The van der Waals surface area contributed by atoms with Crippen LogP contribution in [0.2, 0.25) is 5.02 Å². The van der Waals surface area contributed by atoms with E-state index in [2.05, 4.69) is 15.0 Å². The van der Waals surface area contributed by atoms with E-state index in [1.54, 1.807) is 30.6 Å². The number of hydrogen-bond acceptors (Lipinski definition) is 4. The summed E-state index contributed by atoms with van der Waals surface area (Å²) in [4.78, 5) is 25.6. The zero-order chi connectivity index (χ0) is 15.1. The van der Waals surface area contributed by atoms with Crippen molar-refractivity contribution in [2.75, 3.05) is 0 Å². The quantitative estimate of drug-likeness (QED) is 0.506. The van der Waals surface area contributed by atoms with Crippen LogP contribution in [0.25, 0.3) is 22.1 Å². The summed E-state index contributed by atoms with van der Waals surface area (Å²) >= 11 is 6.19. The maximum Gasteiger partial charge on any atom is 0.265 e. The summed E-state index contributed by atoms with van der Waals surface area (Å²) in [6.07, 6.45) is 4.62. The van der Waals surface area contributed by atoms with Gasteiger partial charge in [-0.1, -0.05) is 23.7 Å². The highest BCUT2D eigenvalue weighted by molar-refractivity contribution is 6.35. The maximum absolute atomic E-state index is 12.6. The average molecular weight is 309 g/mol. The third-order valence-electron chi connectivity index (χ3n) is 3.41. The summed E-state index contributed by atoms with van der Waals surface area (Å²) in [5, 5.41) is 0.511. The number of fused-ring (bicyclic) bond motifs is 2. The molecule has 4 aromatic rings. The lowest BCUT2D eigenvalue weighted by Gasteiger charge is -2.07. The monoisotopic (exact) mass is 308 g/mol. The van der Waals surface area contributed by atoms with Crippen LogP contribution in [0.5, 0.6) is 0 Å². The van der Waals surface area contributed by atoms with Crippen molar-refractivity contribution in [2.24, 2.45) is 0 Å². The van der Waals surface area contributed by atoms with Gasteiger partial charge in [-0.15, -0.1) is 0 Å². The van der Waals surface area contributed by atoms with Gasteiger partial charge in [-0.05, 0) is 24.3 Å². The molecule has 2 aromatic heterocycles. The molecule has 0 aliphatic heterocycles. The van der Waals surface area contributed by atoms with Crippen molar-refractivity contribution < 1.29 is 4.79 Å². The van der Waals surface area contributed by atoms with Gasteiger partial charge < -0.3 is 0 Å². The number of imidazole rings is 1. The first-order chi connectivity index (χ1) is 10.7. The molecule has 0 atom stereocenters. The minimum Gasteiger partial charge on any atom is -0.272 e. The van der Waals surface area contributed by atoms with E-state index in [0.29, 0.717) is 32.7 Å². The van der Waals surface area contributed by atoms with E-state index in [1.807, 2.05) is 18.2 Å². The van der Waals surface area contributed by atoms with Crippen LogP contribution in [0.3, 0.4) is 0 Å². The van der Waals surface area contributed by atoms with Gasteiger partial charge in [0, 0.05) is 12.4 Å². The molecule has 6 heteroatoms. The third kappa shape index (κ3) is 1.95. The molecular formula is C16H9ClN4O. The first kappa shape index (κ1) is 12.9. The first-order valence-electron chi connectivity index (χ1n) is 6.62. The van der Waals surface area contributed by atoms with E-state index in [9.17, 15) is 4.79 Å². The number of benzene rings is 2. The predicted octanol–water partition coefficient (Wildman–Crippen LogP) is 3.32. The Morgan fingerprint density at radius 1 is 1.00 bits per heavy atom. The fraction of sp³-hybridized carbons (Fsp3) is 0. The Balaban J connectivity index is 2.03. The van der Waals surface area contributed by atoms with Crippen molar-refractivity contribution in [1.29, 1.82) is 0 Å². The smallest absolute Gasteiger partial charge is 0.265 e. The highest BCUT2D eigenvalue weighted by Gasteiger charge is 2.15. The topological polar surface area (TPSA) is 60.7 Å². The second kappa shape index (κ2) is 4.89. The second-order valence-electron chi connectivity index (χ2n) is 4.78. The molecule has 22 heavy (non-hydrogen) atoms. The Bertz CT molecular complexity index is 1010. The van der Waals surface area contributed by atoms with E-state index >= 15 is 0 Å². The molecule has 0 N–H and O–H groups in total. The van der Waals surface area contributed by atoms with Gasteiger partial charge in [-0.3, -0.25) is 9.36 Å².